The molecular formula is C15H16B10N+. The molecule has 1 fully saturated rings. The number of aromatic nitrogens is 1. The number of hydrogen-bond acceptors (Lipinski definition) is 0. The third-order valence-corrected chi connectivity index (χ3v) is 5.86. The van der Waals surface area contributed by atoms with Gasteiger partial charge < -0.3 is 0 Å². The molecule has 10 radical (unpaired) electrons. The van der Waals surface area contributed by atoms with Crippen LogP contribution in [-0.4, -0.2) is 70.8 Å². The molecule has 2 heterocycles. The van der Waals surface area contributed by atoms with E-state index in [-0.39, 0.29) is 13.0 Å². The second-order valence-corrected chi connectivity index (χ2v) is 7.59. The Labute approximate surface area is 166 Å². The Kier molecular flexibility index (Phi) is 6.04. The topological polar surface area (TPSA) is 3.88 Å². The molecule has 26 heavy (non-hydrogen) atoms. The summed E-state index contributed by atoms with van der Waals surface area (Å²) in [6, 6.07) is 14.8. The molecule has 2 aromatic rings. The first-order chi connectivity index (χ1) is 12.3. The Morgan fingerprint density at radius 3 is 2.15 bits per heavy atom. The minimum atomic E-state index is -0.632. The molecule has 0 spiro atoms. The van der Waals surface area contributed by atoms with E-state index in [0.29, 0.717) is 11.6 Å². The molecule has 0 N–H and O–H groups in total. The molecule has 0 amide bonds. The molecule has 1 aliphatic heterocycles. The van der Waals surface area contributed by atoms with Crippen LogP contribution < -0.4 is 4.57 Å². The summed E-state index contributed by atoms with van der Waals surface area (Å²) in [5.74, 6) is 0.768. The zero-order valence-electron chi connectivity index (χ0n) is 15.5. The fourth-order valence-corrected chi connectivity index (χ4v) is 4.31. The summed E-state index contributed by atoms with van der Waals surface area (Å²) in [5, 5.41) is 0. The van der Waals surface area contributed by atoms with Gasteiger partial charge in [-0.15, -0.1) is 0 Å². The van der Waals surface area contributed by atoms with Crippen LogP contribution in [0.3, 0.4) is 0 Å². The lowest BCUT2D eigenvalue weighted by Gasteiger charge is -2.25. The van der Waals surface area contributed by atoms with E-state index in [0.717, 1.165) is 0 Å². The van der Waals surface area contributed by atoms with E-state index in [1.165, 1.54) is 16.8 Å². The Balaban J connectivity index is 1.92. The van der Waals surface area contributed by atoms with Crippen LogP contribution in [0.2, 0.25) is 5.82 Å². The zero-order valence-corrected chi connectivity index (χ0v) is 15.5. The molecule has 1 nitrogen and oxygen atoms in total. The fraction of sp³-hybridized carbons (Fsp3) is 0.267. The molecule has 1 saturated heterocycles. The summed E-state index contributed by atoms with van der Waals surface area (Å²) in [5.41, 5.74) is 3.66. The van der Waals surface area contributed by atoms with Crippen LogP contribution in [-0.2, 0) is 7.05 Å². The van der Waals surface area contributed by atoms with Gasteiger partial charge in [0.15, 0.2) is 11.9 Å². The van der Waals surface area contributed by atoms with Crippen molar-refractivity contribution in [2.24, 2.45) is 7.05 Å². The summed E-state index contributed by atoms with van der Waals surface area (Å²) < 4.78 is 2.17. The largest absolute Gasteiger partial charge is 0.206 e. The number of pyridine rings is 1. The van der Waals surface area contributed by atoms with Crippen molar-refractivity contribution in [2.75, 3.05) is 0 Å². The van der Waals surface area contributed by atoms with Crippen LogP contribution in [0.15, 0.2) is 48.7 Å². The molecule has 1 aliphatic rings. The molecule has 0 saturated carbocycles. The SMILES string of the molecule is [B]B([B])B([B])B(B([B])[B])B1C(c2cc(-c3ccccc3)cc[n+]2C)[C@@H]1C. The molecule has 0 aliphatic carbocycles. The van der Waals surface area contributed by atoms with Crippen LogP contribution >= 0.6 is 0 Å². The first kappa shape index (κ1) is 19.8. The normalized spacial score (nSPS) is 18.3. The van der Waals surface area contributed by atoms with Gasteiger partial charge in [0.05, 0.1) is 0 Å². The van der Waals surface area contributed by atoms with E-state index in [2.05, 4.69) is 61.1 Å². The highest BCUT2D eigenvalue weighted by Gasteiger charge is 2.59. The Hall–Kier alpha value is -0.981. The van der Waals surface area contributed by atoms with E-state index in [1.54, 1.807) is 0 Å². The van der Waals surface area contributed by atoms with Crippen molar-refractivity contribution in [2.45, 2.75) is 18.6 Å². The number of aryl methyl sites for hydroxylation is 1. The summed E-state index contributed by atoms with van der Waals surface area (Å²) in [6.45, 7) is 2.49. The summed E-state index contributed by atoms with van der Waals surface area (Å²) in [4.78, 5) is 0. The van der Waals surface area contributed by atoms with E-state index in [4.69, 9.17) is 38.7 Å². The molecule has 1 aromatic heterocycles. The lowest BCUT2D eigenvalue weighted by Crippen LogP contribution is -2.64. The van der Waals surface area contributed by atoms with Gasteiger partial charge in [0, 0.05) is 82.2 Å². The van der Waals surface area contributed by atoms with E-state index < -0.39 is 19.2 Å². The first-order valence-electron chi connectivity index (χ1n) is 9.16. The number of benzene rings is 1. The smallest absolute Gasteiger partial charge is 0.176 e. The lowest BCUT2D eigenvalue weighted by molar-refractivity contribution is -0.678. The van der Waals surface area contributed by atoms with Crippen LogP contribution in [0.25, 0.3) is 11.1 Å². The zero-order chi connectivity index (χ0) is 19.0. The second kappa shape index (κ2) is 7.95. The van der Waals surface area contributed by atoms with Gasteiger partial charge in [0.2, 0.25) is 0 Å². The van der Waals surface area contributed by atoms with Gasteiger partial charge in [-0.05, 0) is 11.1 Å². The molecule has 2 atom stereocenters. The summed E-state index contributed by atoms with van der Waals surface area (Å²) >= 11 is 0. The predicted octanol–water partition coefficient (Wildman–Crippen LogP) is -0.682. The van der Waals surface area contributed by atoms with Crippen LogP contribution in [0.4, 0.5) is 0 Å². The van der Waals surface area contributed by atoms with Crippen molar-refractivity contribution in [3.8, 4) is 11.1 Å². The number of nitrogens with zero attached hydrogens (tertiary/aromatic N) is 1. The van der Waals surface area contributed by atoms with Gasteiger partial charge in [-0.25, -0.2) is 4.57 Å². The van der Waals surface area contributed by atoms with Crippen molar-refractivity contribution >= 4 is 70.8 Å². The van der Waals surface area contributed by atoms with Crippen LogP contribution in [0, 0.1) is 0 Å². The highest BCUT2D eigenvalue weighted by Crippen LogP contribution is 2.51. The maximum atomic E-state index is 6.25. The van der Waals surface area contributed by atoms with Crippen molar-refractivity contribution < 1.29 is 4.57 Å². The van der Waals surface area contributed by atoms with Gasteiger partial charge in [0.1, 0.15) is 13.7 Å². The molecule has 11 heteroatoms. The van der Waals surface area contributed by atoms with Crippen molar-refractivity contribution in [3.63, 3.8) is 0 Å². The molecule has 3 rings (SSSR count). The average molecular weight is 318 g/mol. The molecule has 1 aromatic carbocycles. The van der Waals surface area contributed by atoms with E-state index in [9.17, 15) is 0 Å². The number of rotatable bonds is 6. The van der Waals surface area contributed by atoms with Crippen molar-refractivity contribution in [1.82, 2.24) is 0 Å². The Bertz CT molecular complexity index is 755. The summed E-state index contributed by atoms with van der Waals surface area (Å²) in [6.07, 6.45) is 0.392. The predicted molar refractivity (Wildman–Crippen MR) is 123 cm³/mol. The van der Waals surface area contributed by atoms with Crippen LogP contribution in [0.5, 0.6) is 0 Å². The van der Waals surface area contributed by atoms with Gasteiger partial charge >= 0.3 is 0 Å². The quantitative estimate of drug-likeness (QED) is 0.491. The van der Waals surface area contributed by atoms with Crippen molar-refractivity contribution in [1.29, 1.82) is 0 Å². The monoisotopic (exact) mass is 320 g/mol. The molecule has 1 unspecified atom stereocenters. The Morgan fingerprint density at radius 2 is 1.58 bits per heavy atom. The number of hydrogen-bond donors (Lipinski definition) is 0. The molecular weight excluding hydrogens is 302 g/mol. The molecule has 0 bridgehead atoms. The van der Waals surface area contributed by atoms with Gasteiger partial charge in [-0.1, -0.05) is 43.1 Å². The van der Waals surface area contributed by atoms with Gasteiger partial charge in [-0.3, -0.25) is 0 Å². The maximum Gasteiger partial charge on any atom is 0.176 e. The summed E-state index contributed by atoms with van der Waals surface area (Å²) in [7, 11) is 32.1. The standard InChI is InChI=1S/C15H16B10N/c1-11-15(21(11)25(23(18)19)24(20)22(16)17)14-10-13(8-9-26(14)2)12-6-4-3-5-7-12/h3-11,15H,1-2H3/q+1/t11-,15?/m0/s1. The third kappa shape index (κ3) is 3.82. The van der Waals surface area contributed by atoms with Crippen LogP contribution in [0.1, 0.15) is 18.4 Å². The maximum absolute atomic E-state index is 6.25. The van der Waals surface area contributed by atoms with Gasteiger partial charge in [0.25, 0.3) is 0 Å². The molecule has 110 valence electrons. The highest BCUT2D eigenvalue weighted by atomic mass is 14.9. The highest BCUT2D eigenvalue weighted by molar-refractivity contribution is 8.01. The van der Waals surface area contributed by atoms with E-state index in [1.807, 2.05) is 6.07 Å². The first-order valence-corrected chi connectivity index (χ1v) is 9.16. The lowest BCUT2D eigenvalue weighted by atomic mass is 8.57. The Morgan fingerprint density at radius 1 is 0.923 bits per heavy atom. The average Bonchev–Trinajstić information content (AvgIpc) is 3.25. The third-order valence-electron chi connectivity index (χ3n) is 5.86. The van der Waals surface area contributed by atoms with Gasteiger partial charge in [-0.2, -0.15) is 0 Å². The van der Waals surface area contributed by atoms with Crippen molar-refractivity contribution in [3.05, 3.63) is 54.4 Å². The van der Waals surface area contributed by atoms with E-state index >= 15 is 0 Å². The minimum Gasteiger partial charge on any atom is -0.206 e. The second-order valence-electron chi connectivity index (χ2n) is 7.59. The minimum absolute atomic E-state index is 0.115. The fourth-order valence-electron chi connectivity index (χ4n) is 4.31.